The van der Waals surface area contributed by atoms with Crippen LogP contribution in [0, 0.1) is 5.41 Å². The molecule has 0 bridgehead atoms. The van der Waals surface area contributed by atoms with Crippen molar-refractivity contribution in [1.29, 1.82) is 0 Å². The molecule has 1 heterocycles. The number of benzene rings is 1. The molecule has 0 radical (unpaired) electrons. The highest BCUT2D eigenvalue weighted by Gasteiger charge is 2.46. The minimum absolute atomic E-state index is 0.206. The Morgan fingerprint density at radius 2 is 1.94 bits per heavy atom. The van der Waals surface area contributed by atoms with Crippen LogP contribution in [-0.2, 0) is 4.79 Å². The van der Waals surface area contributed by atoms with E-state index in [-0.39, 0.29) is 5.41 Å². The van der Waals surface area contributed by atoms with Crippen molar-refractivity contribution in [1.82, 2.24) is 0 Å². The molecule has 96 valence electrons. The van der Waals surface area contributed by atoms with Gasteiger partial charge in [0.1, 0.15) is 0 Å². The Morgan fingerprint density at radius 1 is 1.28 bits per heavy atom. The molecular weight excluding hydrogens is 232 g/mol. The molecule has 2 aliphatic rings. The van der Waals surface area contributed by atoms with Crippen LogP contribution < -0.4 is 9.47 Å². The van der Waals surface area contributed by atoms with Crippen LogP contribution in [0.3, 0.4) is 0 Å². The predicted octanol–water partition coefficient (Wildman–Crippen LogP) is 2.43. The van der Waals surface area contributed by atoms with Crippen molar-refractivity contribution < 1.29 is 19.4 Å². The van der Waals surface area contributed by atoms with E-state index in [4.69, 9.17) is 14.6 Å². The maximum atomic E-state index is 11.0. The maximum Gasteiger partial charge on any atom is 0.310 e. The lowest BCUT2D eigenvalue weighted by Crippen LogP contribution is -2.17. The molecule has 1 aliphatic heterocycles. The van der Waals surface area contributed by atoms with E-state index in [9.17, 15) is 4.79 Å². The van der Waals surface area contributed by atoms with Crippen LogP contribution in [0.2, 0.25) is 0 Å². The molecule has 1 atom stereocenters. The zero-order chi connectivity index (χ0) is 12.8. The summed E-state index contributed by atoms with van der Waals surface area (Å²) < 4.78 is 11.5. The summed E-state index contributed by atoms with van der Waals surface area (Å²) in [4.78, 5) is 11.0. The summed E-state index contributed by atoms with van der Waals surface area (Å²) in [5.41, 5.74) is 0.953. The molecule has 0 saturated heterocycles. The zero-order valence-corrected chi connectivity index (χ0v) is 10.3. The fraction of sp³-hybridized carbons (Fsp3) is 0.500. The molecule has 1 unspecified atom stereocenters. The van der Waals surface area contributed by atoms with Crippen LogP contribution in [0.4, 0.5) is 0 Å². The Labute approximate surface area is 106 Å². The van der Waals surface area contributed by atoms with Gasteiger partial charge in [0.2, 0.25) is 0 Å². The van der Waals surface area contributed by atoms with Gasteiger partial charge in [-0.3, -0.25) is 4.79 Å². The molecule has 1 spiro atoms. The van der Waals surface area contributed by atoms with E-state index in [1.807, 2.05) is 6.07 Å². The van der Waals surface area contributed by atoms with E-state index in [2.05, 4.69) is 0 Å². The van der Waals surface area contributed by atoms with E-state index in [1.54, 1.807) is 19.1 Å². The highest BCUT2D eigenvalue weighted by molar-refractivity contribution is 5.75. The number of carbonyl (C=O) groups is 1. The van der Waals surface area contributed by atoms with Crippen molar-refractivity contribution >= 4 is 5.97 Å². The van der Waals surface area contributed by atoms with E-state index < -0.39 is 11.9 Å². The Hall–Kier alpha value is -1.71. The van der Waals surface area contributed by atoms with Crippen LogP contribution in [-0.4, -0.2) is 24.3 Å². The third kappa shape index (κ3) is 1.92. The first-order chi connectivity index (χ1) is 8.60. The number of carboxylic acids is 1. The lowest BCUT2D eigenvalue weighted by Gasteiger charge is -2.11. The number of carboxylic acid groups (broad SMARTS) is 1. The second kappa shape index (κ2) is 3.90. The molecule has 1 saturated carbocycles. The summed E-state index contributed by atoms with van der Waals surface area (Å²) in [6.45, 7) is 3.04. The van der Waals surface area contributed by atoms with Gasteiger partial charge in [-0.15, -0.1) is 0 Å². The first-order valence-electron chi connectivity index (χ1n) is 6.22. The average molecular weight is 248 g/mol. The third-order valence-electron chi connectivity index (χ3n) is 3.86. The van der Waals surface area contributed by atoms with Gasteiger partial charge in [0.25, 0.3) is 0 Å². The van der Waals surface area contributed by atoms with E-state index in [0.29, 0.717) is 19.0 Å². The van der Waals surface area contributed by atoms with Gasteiger partial charge < -0.3 is 14.6 Å². The number of fused-ring (bicyclic) bond motifs is 1. The van der Waals surface area contributed by atoms with Crippen molar-refractivity contribution in [2.24, 2.45) is 5.41 Å². The summed E-state index contributed by atoms with van der Waals surface area (Å²) in [5, 5.41) is 9.02. The van der Waals surface area contributed by atoms with Gasteiger partial charge in [-0.2, -0.15) is 0 Å². The molecule has 1 aromatic carbocycles. The van der Waals surface area contributed by atoms with Gasteiger partial charge in [0.05, 0.1) is 19.1 Å². The van der Waals surface area contributed by atoms with Gasteiger partial charge in [-0.05, 0) is 37.5 Å². The maximum absolute atomic E-state index is 11.0. The summed E-state index contributed by atoms with van der Waals surface area (Å²) in [7, 11) is 0. The third-order valence-corrected chi connectivity index (χ3v) is 3.86. The zero-order valence-electron chi connectivity index (χ0n) is 10.3. The molecule has 1 aliphatic carbocycles. The Morgan fingerprint density at radius 3 is 2.56 bits per heavy atom. The number of rotatable bonds is 2. The van der Waals surface area contributed by atoms with Gasteiger partial charge >= 0.3 is 5.97 Å². The molecule has 0 amide bonds. The van der Waals surface area contributed by atoms with Crippen LogP contribution in [0.15, 0.2) is 18.2 Å². The quantitative estimate of drug-likeness (QED) is 0.873. The minimum atomic E-state index is -0.830. The molecule has 4 heteroatoms. The molecule has 1 fully saturated rings. The molecular formula is C14H16O4. The monoisotopic (exact) mass is 248 g/mol. The van der Waals surface area contributed by atoms with Crippen molar-refractivity contribution in [3.05, 3.63) is 23.8 Å². The van der Waals surface area contributed by atoms with Gasteiger partial charge in [-0.25, -0.2) is 0 Å². The highest BCUT2D eigenvalue weighted by Crippen LogP contribution is 2.49. The lowest BCUT2D eigenvalue weighted by atomic mass is 10.0. The number of hydrogen-bond donors (Lipinski definition) is 1. The highest BCUT2D eigenvalue weighted by atomic mass is 16.5. The van der Waals surface area contributed by atoms with Crippen LogP contribution in [0.1, 0.15) is 31.2 Å². The standard InChI is InChI=1S/C14H16O4/c1-9(13(15)16)10-2-3-11-12(6-10)18-8-14(4-5-14)7-17-11/h2-3,6,9H,4-5,7-8H2,1H3,(H,15,16). The molecule has 1 N–H and O–H groups in total. The molecule has 18 heavy (non-hydrogen) atoms. The number of aliphatic carboxylic acids is 1. The van der Waals surface area contributed by atoms with Crippen LogP contribution >= 0.6 is 0 Å². The first-order valence-corrected chi connectivity index (χ1v) is 6.22. The molecule has 1 aromatic rings. The van der Waals surface area contributed by atoms with Crippen molar-refractivity contribution in [2.75, 3.05) is 13.2 Å². The molecule has 3 rings (SSSR count). The number of ether oxygens (including phenoxy) is 2. The van der Waals surface area contributed by atoms with Crippen molar-refractivity contribution in [3.8, 4) is 11.5 Å². The molecule has 0 aromatic heterocycles. The fourth-order valence-electron chi connectivity index (χ4n) is 2.14. The van der Waals surface area contributed by atoms with Gasteiger partial charge in [-0.1, -0.05) is 6.07 Å². The average Bonchev–Trinajstić information content (AvgIpc) is 3.16. The normalized spacial score (nSPS) is 21.2. The largest absolute Gasteiger partial charge is 0.489 e. The topological polar surface area (TPSA) is 55.8 Å². The smallest absolute Gasteiger partial charge is 0.310 e. The molecule has 4 nitrogen and oxygen atoms in total. The van der Waals surface area contributed by atoms with Crippen molar-refractivity contribution in [2.45, 2.75) is 25.7 Å². The number of hydrogen-bond acceptors (Lipinski definition) is 3. The van der Waals surface area contributed by atoms with Crippen LogP contribution in [0.25, 0.3) is 0 Å². The Bertz CT molecular complexity index is 491. The van der Waals surface area contributed by atoms with Gasteiger partial charge in [0, 0.05) is 5.41 Å². The van der Waals surface area contributed by atoms with Gasteiger partial charge in [0.15, 0.2) is 11.5 Å². The van der Waals surface area contributed by atoms with E-state index in [1.165, 1.54) is 0 Å². The van der Waals surface area contributed by atoms with E-state index >= 15 is 0 Å². The lowest BCUT2D eigenvalue weighted by molar-refractivity contribution is -0.138. The fourth-order valence-corrected chi connectivity index (χ4v) is 2.14. The Balaban J connectivity index is 1.87. The predicted molar refractivity (Wildman–Crippen MR) is 65.1 cm³/mol. The second-order valence-corrected chi connectivity index (χ2v) is 5.34. The van der Waals surface area contributed by atoms with Crippen LogP contribution in [0.5, 0.6) is 11.5 Å². The minimum Gasteiger partial charge on any atom is -0.489 e. The Kier molecular flexibility index (Phi) is 2.47. The van der Waals surface area contributed by atoms with Crippen molar-refractivity contribution in [3.63, 3.8) is 0 Å². The summed E-state index contributed by atoms with van der Waals surface area (Å²) in [6, 6.07) is 5.40. The summed E-state index contributed by atoms with van der Waals surface area (Å²) >= 11 is 0. The summed E-state index contributed by atoms with van der Waals surface area (Å²) in [5.74, 6) is 0.0321. The van der Waals surface area contributed by atoms with E-state index in [0.717, 1.165) is 24.2 Å². The second-order valence-electron chi connectivity index (χ2n) is 5.34. The first kappa shape index (κ1) is 11.4. The SMILES string of the molecule is CC(C(=O)O)c1ccc2c(c1)OCC1(CC1)CO2. The summed E-state index contributed by atoms with van der Waals surface area (Å²) in [6.07, 6.45) is 2.30.